The van der Waals surface area contributed by atoms with E-state index in [-0.39, 0.29) is 12.0 Å². The third kappa shape index (κ3) is 3.97. The third-order valence-electron chi connectivity index (χ3n) is 4.51. The Bertz CT molecular complexity index is 482. The fraction of sp³-hybridized carbons (Fsp3) is 0.588. The molecule has 4 heteroatoms. The van der Waals surface area contributed by atoms with Crippen LogP contribution in [-0.4, -0.2) is 23.7 Å². The Morgan fingerprint density at radius 3 is 2.62 bits per heavy atom. The molecule has 1 saturated carbocycles. The fourth-order valence-electron chi connectivity index (χ4n) is 2.94. The Labute approximate surface area is 126 Å². The number of carbonyl (C=O) groups is 1. The second-order valence-electron chi connectivity index (χ2n) is 6.64. The number of anilines is 1. The van der Waals surface area contributed by atoms with Crippen LogP contribution in [0.2, 0.25) is 0 Å². The average Bonchev–Trinajstić information content (AvgIpc) is 2.45. The van der Waals surface area contributed by atoms with Gasteiger partial charge in [-0.1, -0.05) is 18.6 Å². The van der Waals surface area contributed by atoms with E-state index in [2.05, 4.69) is 5.32 Å². The van der Waals surface area contributed by atoms with Crippen LogP contribution >= 0.6 is 0 Å². The van der Waals surface area contributed by atoms with Crippen LogP contribution < -0.4 is 11.1 Å². The van der Waals surface area contributed by atoms with Crippen molar-refractivity contribution in [2.45, 2.75) is 51.0 Å². The number of aliphatic hydroxyl groups excluding tert-OH is 1. The maximum absolute atomic E-state index is 12.5. The Hall–Kier alpha value is -1.55. The van der Waals surface area contributed by atoms with Crippen molar-refractivity contribution in [2.24, 2.45) is 5.92 Å². The zero-order valence-corrected chi connectivity index (χ0v) is 12.9. The van der Waals surface area contributed by atoms with Gasteiger partial charge in [-0.2, -0.15) is 0 Å². The van der Waals surface area contributed by atoms with Crippen molar-refractivity contribution in [3.63, 3.8) is 0 Å². The van der Waals surface area contributed by atoms with Gasteiger partial charge in [0, 0.05) is 12.2 Å². The first-order valence-corrected chi connectivity index (χ1v) is 7.72. The summed E-state index contributed by atoms with van der Waals surface area (Å²) in [5.41, 5.74) is 6.77. The zero-order chi connectivity index (χ0) is 15.5. The molecular formula is C17H26N2O2. The maximum atomic E-state index is 12.5. The van der Waals surface area contributed by atoms with Gasteiger partial charge >= 0.3 is 0 Å². The standard InChI is InChI=1S/C17H26N2O2/c1-17(2,13-6-8-14(18)9-7-13)16(21)19-11-12-4-3-5-15(20)10-12/h6-9,12,15,20H,3-5,10-11,18H2,1-2H3,(H,19,21). The molecule has 2 atom stereocenters. The molecule has 2 rings (SSSR count). The van der Waals surface area contributed by atoms with Crippen molar-refractivity contribution < 1.29 is 9.90 Å². The molecule has 0 radical (unpaired) electrons. The van der Waals surface area contributed by atoms with E-state index >= 15 is 0 Å². The van der Waals surface area contributed by atoms with Crippen molar-refractivity contribution in [1.82, 2.24) is 5.32 Å². The van der Waals surface area contributed by atoms with Crippen LogP contribution in [-0.2, 0) is 10.2 Å². The molecule has 116 valence electrons. The van der Waals surface area contributed by atoms with Gasteiger partial charge in [-0.3, -0.25) is 4.79 Å². The molecular weight excluding hydrogens is 264 g/mol. The van der Waals surface area contributed by atoms with E-state index in [4.69, 9.17) is 5.73 Å². The summed E-state index contributed by atoms with van der Waals surface area (Å²) >= 11 is 0. The van der Waals surface area contributed by atoms with E-state index < -0.39 is 5.41 Å². The zero-order valence-electron chi connectivity index (χ0n) is 12.9. The summed E-state index contributed by atoms with van der Waals surface area (Å²) < 4.78 is 0. The molecule has 4 N–H and O–H groups in total. The lowest BCUT2D eigenvalue weighted by molar-refractivity contribution is -0.126. The van der Waals surface area contributed by atoms with E-state index in [0.29, 0.717) is 18.2 Å². The second-order valence-corrected chi connectivity index (χ2v) is 6.64. The highest BCUT2D eigenvalue weighted by molar-refractivity contribution is 5.87. The summed E-state index contributed by atoms with van der Waals surface area (Å²) in [6.45, 7) is 4.49. The number of benzene rings is 1. The minimum Gasteiger partial charge on any atom is -0.399 e. The first-order valence-electron chi connectivity index (χ1n) is 7.72. The van der Waals surface area contributed by atoms with Crippen molar-refractivity contribution >= 4 is 11.6 Å². The van der Waals surface area contributed by atoms with E-state index in [0.717, 1.165) is 31.2 Å². The number of nitrogens with one attached hydrogen (secondary N) is 1. The molecule has 21 heavy (non-hydrogen) atoms. The van der Waals surface area contributed by atoms with Crippen molar-refractivity contribution in [3.8, 4) is 0 Å². The van der Waals surface area contributed by atoms with E-state index in [1.807, 2.05) is 38.1 Å². The summed E-state index contributed by atoms with van der Waals surface area (Å²) in [6.07, 6.45) is 3.61. The van der Waals surface area contributed by atoms with Gasteiger partial charge in [-0.05, 0) is 56.7 Å². The van der Waals surface area contributed by atoms with Crippen LogP contribution in [0.1, 0.15) is 45.1 Å². The minimum absolute atomic E-state index is 0.0207. The van der Waals surface area contributed by atoms with Crippen LogP contribution in [0, 0.1) is 5.92 Å². The first kappa shape index (κ1) is 15.8. The number of nitrogens with two attached hydrogens (primary N) is 1. The second kappa shape index (κ2) is 6.48. The topological polar surface area (TPSA) is 75.3 Å². The molecule has 1 aliphatic rings. The molecule has 1 amide bonds. The number of hydrogen-bond donors (Lipinski definition) is 3. The quantitative estimate of drug-likeness (QED) is 0.744. The predicted octanol–water partition coefficient (Wildman–Crippen LogP) is 2.21. The van der Waals surface area contributed by atoms with E-state index in [1.165, 1.54) is 0 Å². The maximum Gasteiger partial charge on any atom is 0.230 e. The molecule has 2 unspecified atom stereocenters. The summed E-state index contributed by atoms with van der Waals surface area (Å²) in [5.74, 6) is 0.409. The van der Waals surface area contributed by atoms with Crippen LogP contribution in [0.4, 0.5) is 5.69 Å². The Balaban J connectivity index is 1.93. The van der Waals surface area contributed by atoms with Crippen molar-refractivity contribution in [1.29, 1.82) is 0 Å². The highest BCUT2D eigenvalue weighted by atomic mass is 16.3. The van der Waals surface area contributed by atoms with Crippen LogP contribution in [0.5, 0.6) is 0 Å². The summed E-state index contributed by atoms with van der Waals surface area (Å²) in [6, 6.07) is 7.45. The molecule has 1 aromatic carbocycles. The Morgan fingerprint density at radius 2 is 2.00 bits per heavy atom. The molecule has 0 heterocycles. The van der Waals surface area contributed by atoms with Crippen molar-refractivity contribution in [2.75, 3.05) is 12.3 Å². The Morgan fingerprint density at radius 1 is 1.33 bits per heavy atom. The largest absolute Gasteiger partial charge is 0.399 e. The SMILES string of the molecule is CC(C)(C(=O)NCC1CCCC(O)C1)c1ccc(N)cc1. The molecule has 0 bridgehead atoms. The average molecular weight is 290 g/mol. The molecule has 1 aliphatic carbocycles. The van der Waals surface area contributed by atoms with Crippen LogP contribution in [0.25, 0.3) is 0 Å². The van der Waals surface area contributed by atoms with Crippen molar-refractivity contribution in [3.05, 3.63) is 29.8 Å². The number of nitrogen functional groups attached to an aromatic ring is 1. The molecule has 1 fully saturated rings. The molecule has 4 nitrogen and oxygen atoms in total. The van der Waals surface area contributed by atoms with Crippen LogP contribution in [0.15, 0.2) is 24.3 Å². The first-order chi connectivity index (χ1) is 9.89. The van der Waals surface area contributed by atoms with Gasteiger partial charge in [-0.15, -0.1) is 0 Å². The monoisotopic (exact) mass is 290 g/mol. The van der Waals surface area contributed by atoms with Gasteiger partial charge in [0.05, 0.1) is 11.5 Å². The molecule has 0 aromatic heterocycles. The number of carbonyl (C=O) groups excluding carboxylic acids is 1. The number of hydrogen-bond acceptors (Lipinski definition) is 3. The van der Waals surface area contributed by atoms with Gasteiger partial charge in [0.1, 0.15) is 0 Å². The number of amides is 1. The summed E-state index contributed by atoms with van der Waals surface area (Å²) in [4.78, 5) is 12.5. The lowest BCUT2D eigenvalue weighted by atomic mass is 9.83. The van der Waals surface area contributed by atoms with E-state index in [9.17, 15) is 9.90 Å². The van der Waals surface area contributed by atoms with Gasteiger partial charge in [-0.25, -0.2) is 0 Å². The predicted molar refractivity (Wildman–Crippen MR) is 84.9 cm³/mol. The Kier molecular flexibility index (Phi) is 4.88. The fourth-order valence-corrected chi connectivity index (χ4v) is 2.94. The smallest absolute Gasteiger partial charge is 0.230 e. The minimum atomic E-state index is -0.582. The van der Waals surface area contributed by atoms with Crippen LogP contribution in [0.3, 0.4) is 0 Å². The van der Waals surface area contributed by atoms with Gasteiger partial charge in [0.2, 0.25) is 5.91 Å². The van der Waals surface area contributed by atoms with E-state index in [1.54, 1.807) is 0 Å². The third-order valence-corrected chi connectivity index (χ3v) is 4.51. The molecule has 0 saturated heterocycles. The lowest BCUT2D eigenvalue weighted by Crippen LogP contribution is -2.42. The molecule has 1 aromatic rings. The number of aliphatic hydroxyl groups is 1. The lowest BCUT2D eigenvalue weighted by Gasteiger charge is -2.29. The van der Waals surface area contributed by atoms with Gasteiger partial charge < -0.3 is 16.2 Å². The summed E-state index contributed by atoms with van der Waals surface area (Å²) in [7, 11) is 0. The highest BCUT2D eigenvalue weighted by Gasteiger charge is 2.30. The summed E-state index contributed by atoms with van der Waals surface area (Å²) in [5, 5.41) is 12.7. The highest BCUT2D eigenvalue weighted by Crippen LogP contribution is 2.26. The number of rotatable bonds is 4. The van der Waals surface area contributed by atoms with Gasteiger partial charge in [0.25, 0.3) is 0 Å². The molecule has 0 spiro atoms. The normalized spacial score (nSPS) is 22.8. The molecule has 0 aliphatic heterocycles. The van der Waals surface area contributed by atoms with Gasteiger partial charge in [0.15, 0.2) is 0 Å².